The summed E-state index contributed by atoms with van der Waals surface area (Å²) in [5.41, 5.74) is 2.11. The molecule has 0 fully saturated rings. The maximum Gasteiger partial charge on any atom is 0.573 e. The highest BCUT2D eigenvalue weighted by molar-refractivity contribution is 7.91. The molecule has 3 rings (SSSR count). The van der Waals surface area contributed by atoms with Gasteiger partial charge in [0.2, 0.25) is 5.91 Å². The first-order chi connectivity index (χ1) is 15.9. The van der Waals surface area contributed by atoms with Crippen molar-refractivity contribution in [2.24, 2.45) is 0 Å². The highest BCUT2D eigenvalue weighted by atomic mass is 32.2. The van der Waals surface area contributed by atoms with Crippen LogP contribution in [0.25, 0.3) is 11.3 Å². The van der Waals surface area contributed by atoms with Crippen LogP contribution in [0.5, 0.6) is 11.5 Å². The van der Waals surface area contributed by atoms with E-state index in [9.17, 15) is 26.4 Å². The largest absolute Gasteiger partial charge is 0.573 e. The SMILES string of the molecule is COc1ccc(-c2onc(C)c2C)cc1S(=O)(=O)CCC(=O)Nc1ccc(OC(F)(F)F)cc1. The quantitative estimate of drug-likeness (QED) is 0.481. The molecule has 1 heterocycles. The summed E-state index contributed by atoms with van der Waals surface area (Å²) < 4.78 is 76.9. The molecule has 8 nitrogen and oxygen atoms in total. The van der Waals surface area contributed by atoms with Gasteiger partial charge in [0, 0.05) is 23.2 Å². The predicted molar refractivity (Wildman–Crippen MR) is 116 cm³/mol. The molecule has 0 saturated heterocycles. The molecule has 0 saturated carbocycles. The smallest absolute Gasteiger partial charge is 0.495 e. The second kappa shape index (κ2) is 9.75. The number of alkyl halides is 3. The first-order valence-corrected chi connectivity index (χ1v) is 11.5. The molecule has 12 heteroatoms. The molecule has 0 unspecified atom stereocenters. The fourth-order valence-electron chi connectivity index (χ4n) is 3.05. The van der Waals surface area contributed by atoms with Crippen LogP contribution in [0.1, 0.15) is 17.7 Å². The standard InChI is InChI=1S/C22H21F3N2O6S/c1-13-14(2)27-33-21(13)15-4-9-18(31-3)19(12-15)34(29,30)11-10-20(28)26-16-5-7-17(8-6-16)32-22(23,24)25/h4-9,12H,10-11H2,1-3H3,(H,26,28). The number of nitrogens with one attached hydrogen (secondary N) is 1. The first kappa shape index (κ1) is 25.1. The van der Waals surface area contributed by atoms with Gasteiger partial charge in [-0.05, 0) is 56.3 Å². The molecule has 0 atom stereocenters. The molecule has 0 radical (unpaired) electrons. The van der Waals surface area contributed by atoms with Crippen molar-refractivity contribution in [3.8, 4) is 22.8 Å². The Balaban J connectivity index is 1.71. The van der Waals surface area contributed by atoms with Gasteiger partial charge in [0.05, 0.1) is 18.6 Å². The number of ether oxygens (including phenoxy) is 2. The van der Waals surface area contributed by atoms with Gasteiger partial charge < -0.3 is 19.3 Å². The molecule has 2 aromatic carbocycles. The fraction of sp³-hybridized carbons (Fsp3) is 0.273. The number of aromatic nitrogens is 1. The molecule has 182 valence electrons. The number of aryl methyl sites for hydroxylation is 1. The lowest BCUT2D eigenvalue weighted by Gasteiger charge is -2.12. The van der Waals surface area contributed by atoms with E-state index >= 15 is 0 Å². The third kappa shape index (κ3) is 6.07. The summed E-state index contributed by atoms with van der Waals surface area (Å²) >= 11 is 0. The maximum absolute atomic E-state index is 13.0. The molecule has 1 aromatic heterocycles. The van der Waals surface area contributed by atoms with E-state index in [1.54, 1.807) is 19.9 Å². The van der Waals surface area contributed by atoms with Crippen molar-refractivity contribution in [2.45, 2.75) is 31.5 Å². The van der Waals surface area contributed by atoms with E-state index in [0.29, 0.717) is 17.0 Å². The van der Waals surface area contributed by atoms with Gasteiger partial charge in [0.15, 0.2) is 15.6 Å². The number of amides is 1. The minimum Gasteiger partial charge on any atom is -0.495 e. The minimum absolute atomic E-state index is 0.109. The van der Waals surface area contributed by atoms with Crippen LogP contribution in [0.2, 0.25) is 0 Å². The number of halogens is 3. The van der Waals surface area contributed by atoms with E-state index in [-0.39, 0.29) is 16.3 Å². The number of rotatable bonds is 8. The van der Waals surface area contributed by atoms with Crippen molar-refractivity contribution in [1.82, 2.24) is 5.16 Å². The van der Waals surface area contributed by atoms with Crippen molar-refractivity contribution in [3.05, 3.63) is 53.7 Å². The second-order valence-electron chi connectivity index (χ2n) is 7.28. The van der Waals surface area contributed by atoms with Crippen molar-refractivity contribution in [1.29, 1.82) is 0 Å². The van der Waals surface area contributed by atoms with Gasteiger partial charge in [-0.25, -0.2) is 8.42 Å². The monoisotopic (exact) mass is 498 g/mol. The molecule has 0 aliphatic carbocycles. The number of hydrogen-bond donors (Lipinski definition) is 1. The zero-order valence-electron chi connectivity index (χ0n) is 18.4. The second-order valence-corrected chi connectivity index (χ2v) is 9.35. The summed E-state index contributed by atoms with van der Waals surface area (Å²) in [5, 5.41) is 6.31. The summed E-state index contributed by atoms with van der Waals surface area (Å²) in [6.07, 6.45) is -5.22. The first-order valence-electron chi connectivity index (χ1n) is 9.89. The highest BCUT2D eigenvalue weighted by Gasteiger charge is 2.31. The summed E-state index contributed by atoms with van der Waals surface area (Å²) in [4.78, 5) is 12.1. The number of sulfone groups is 1. The number of methoxy groups -OCH3 is 1. The molecular formula is C22H21F3N2O6S. The lowest BCUT2D eigenvalue weighted by atomic mass is 10.1. The summed E-state index contributed by atoms with van der Waals surface area (Å²) in [5.74, 6) is -1.07. The summed E-state index contributed by atoms with van der Waals surface area (Å²) in [6.45, 7) is 3.56. The Bertz CT molecular complexity index is 1280. The third-order valence-electron chi connectivity index (χ3n) is 4.89. The van der Waals surface area contributed by atoms with Crippen molar-refractivity contribution >= 4 is 21.4 Å². The topological polar surface area (TPSA) is 108 Å². The molecule has 0 aliphatic rings. The van der Waals surface area contributed by atoms with E-state index in [1.807, 2.05) is 0 Å². The van der Waals surface area contributed by atoms with Crippen LogP contribution in [0.4, 0.5) is 18.9 Å². The molecular weight excluding hydrogens is 477 g/mol. The van der Waals surface area contributed by atoms with Crippen LogP contribution in [-0.4, -0.2) is 38.7 Å². The maximum atomic E-state index is 13.0. The zero-order chi connectivity index (χ0) is 25.1. The highest BCUT2D eigenvalue weighted by Crippen LogP contribution is 2.33. The van der Waals surface area contributed by atoms with Gasteiger partial charge in [-0.1, -0.05) is 5.16 Å². The summed E-state index contributed by atoms with van der Waals surface area (Å²) in [7, 11) is -2.62. The van der Waals surface area contributed by atoms with Gasteiger partial charge in [-0.15, -0.1) is 13.2 Å². The molecule has 34 heavy (non-hydrogen) atoms. The van der Waals surface area contributed by atoms with Crippen LogP contribution in [-0.2, 0) is 14.6 Å². The van der Waals surface area contributed by atoms with Gasteiger partial charge in [0.1, 0.15) is 16.4 Å². The van der Waals surface area contributed by atoms with Crippen molar-refractivity contribution in [2.75, 3.05) is 18.2 Å². The Hall–Kier alpha value is -3.54. The molecule has 1 amide bonds. The van der Waals surface area contributed by atoms with Crippen LogP contribution in [0.15, 0.2) is 51.9 Å². The number of carbonyl (C=O) groups is 1. The number of anilines is 1. The lowest BCUT2D eigenvalue weighted by molar-refractivity contribution is -0.274. The number of benzene rings is 2. The fourth-order valence-corrected chi connectivity index (χ4v) is 4.48. The minimum atomic E-state index is -4.83. The Kier molecular flexibility index (Phi) is 7.20. The summed E-state index contributed by atoms with van der Waals surface area (Å²) in [6, 6.07) is 9.02. The third-order valence-corrected chi connectivity index (χ3v) is 6.62. The van der Waals surface area contributed by atoms with Gasteiger partial charge >= 0.3 is 6.36 Å². The van der Waals surface area contributed by atoms with Crippen molar-refractivity contribution in [3.63, 3.8) is 0 Å². The van der Waals surface area contributed by atoms with Gasteiger partial charge in [-0.2, -0.15) is 0 Å². The van der Waals surface area contributed by atoms with E-state index in [1.165, 1.54) is 31.4 Å². The zero-order valence-corrected chi connectivity index (χ0v) is 19.2. The Labute approximate surface area is 193 Å². The molecule has 3 aromatic rings. The molecule has 0 spiro atoms. The van der Waals surface area contributed by atoms with Crippen LogP contribution < -0.4 is 14.8 Å². The molecule has 1 N–H and O–H groups in total. The van der Waals surface area contributed by atoms with E-state index in [0.717, 1.165) is 17.7 Å². The van der Waals surface area contributed by atoms with Gasteiger partial charge in [0.25, 0.3) is 0 Å². The Morgan fingerprint density at radius 3 is 2.35 bits per heavy atom. The predicted octanol–water partition coefficient (Wildman–Crippen LogP) is 4.67. The van der Waals surface area contributed by atoms with Crippen LogP contribution in [0, 0.1) is 13.8 Å². The van der Waals surface area contributed by atoms with Crippen molar-refractivity contribution < 1.29 is 40.4 Å². The Morgan fingerprint density at radius 2 is 1.79 bits per heavy atom. The van der Waals surface area contributed by atoms with Crippen LogP contribution in [0.3, 0.4) is 0 Å². The lowest BCUT2D eigenvalue weighted by Crippen LogP contribution is -2.18. The number of nitrogens with zero attached hydrogens (tertiary/aromatic N) is 1. The average molecular weight is 498 g/mol. The Morgan fingerprint density at radius 1 is 1.12 bits per heavy atom. The number of hydrogen-bond acceptors (Lipinski definition) is 7. The molecule has 0 bridgehead atoms. The normalized spacial score (nSPS) is 11.8. The average Bonchev–Trinajstić information content (AvgIpc) is 3.10. The van der Waals surface area contributed by atoms with Crippen LogP contribution >= 0.6 is 0 Å². The van der Waals surface area contributed by atoms with Gasteiger partial charge in [-0.3, -0.25) is 4.79 Å². The van der Waals surface area contributed by atoms with E-state index < -0.39 is 40.0 Å². The van der Waals surface area contributed by atoms with E-state index in [4.69, 9.17) is 9.26 Å². The molecule has 0 aliphatic heterocycles. The van der Waals surface area contributed by atoms with E-state index in [2.05, 4.69) is 15.2 Å². The number of carbonyl (C=O) groups excluding carboxylic acids is 1.